The van der Waals surface area contributed by atoms with Crippen molar-refractivity contribution in [1.29, 1.82) is 0 Å². The summed E-state index contributed by atoms with van der Waals surface area (Å²) in [7, 11) is 1.78. The van der Waals surface area contributed by atoms with Gasteiger partial charge in [0, 0.05) is 12.0 Å². The highest BCUT2D eigenvalue weighted by Gasteiger charge is 2.44. The number of hydrogen-bond acceptors (Lipinski definition) is 2. The quantitative estimate of drug-likeness (QED) is 0.836. The van der Waals surface area contributed by atoms with Gasteiger partial charge in [0.25, 0.3) is 0 Å². The predicted molar refractivity (Wildman–Crippen MR) is 71.5 cm³/mol. The molecule has 1 saturated carbocycles. The molecule has 0 saturated heterocycles. The van der Waals surface area contributed by atoms with Crippen molar-refractivity contribution in [2.75, 3.05) is 20.1 Å². The average Bonchev–Trinajstić information content (AvgIpc) is 3.09. The van der Waals surface area contributed by atoms with Crippen LogP contribution in [-0.2, 0) is 10.2 Å². The third kappa shape index (κ3) is 3.45. The molecule has 4 heteroatoms. The molecule has 0 heterocycles. The van der Waals surface area contributed by atoms with E-state index in [2.05, 4.69) is 34.9 Å². The van der Waals surface area contributed by atoms with Crippen molar-refractivity contribution in [2.24, 2.45) is 0 Å². The number of benzene rings is 1. The van der Waals surface area contributed by atoms with Crippen LogP contribution >= 0.6 is 12.4 Å². The van der Waals surface area contributed by atoms with Gasteiger partial charge in [0.1, 0.15) is 0 Å². The Balaban J connectivity index is 0.00000144. The van der Waals surface area contributed by atoms with Crippen molar-refractivity contribution in [3.63, 3.8) is 0 Å². The number of amides is 1. The Bertz CT molecular complexity index is 363. The molecule has 2 N–H and O–H groups in total. The number of carbonyl (C=O) groups is 1. The van der Waals surface area contributed by atoms with Gasteiger partial charge in [0.05, 0.1) is 6.54 Å². The number of halogens is 1. The summed E-state index contributed by atoms with van der Waals surface area (Å²) in [6, 6.07) is 10.4. The van der Waals surface area contributed by atoms with Gasteiger partial charge in [-0.1, -0.05) is 30.3 Å². The van der Waals surface area contributed by atoms with Crippen molar-refractivity contribution in [2.45, 2.75) is 18.3 Å². The molecule has 0 spiro atoms. The Morgan fingerprint density at radius 3 is 2.47 bits per heavy atom. The lowest BCUT2D eigenvalue weighted by Gasteiger charge is -2.16. The maximum absolute atomic E-state index is 11.4. The molecule has 1 aromatic carbocycles. The van der Waals surface area contributed by atoms with Crippen LogP contribution in [0.5, 0.6) is 0 Å². The third-order valence-corrected chi connectivity index (χ3v) is 3.20. The molecule has 0 radical (unpaired) electrons. The first-order valence-electron chi connectivity index (χ1n) is 5.74. The smallest absolute Gasteiger partial charge is 0.233 e. The van der Waals surface area contributed by atoms with Crippen LogP contribution < -0.4 is 10.6 Å². The van der Waals surface area contributed by atoms with E-state index in [0.29, 0.717) is 6.54 Å². The van der Waals surface area contributed by atoms with Crippen molar-refractivity contribution in [1.82, 2.24) is 10.6 Å². The molecule has 0 bridgehead atoms. The van der Waals surface area contributed by atoms with E-state index in [-0.39, 0.29) is 23.7 Å². The highest BCUT2D eigenvalue weighted by Crippen LogP contribution is 2.47. The molecule has 0 aliphatic heterocycles. The van der Waals surface area contributed by atoms with Crippen LogP contribution in [0.25, 0.3) is 0 Å². The first-order chi connectivity index (χ1) is 7.77. The summed E-state index contributed by atoms with van der Waals surface area (Å²) in [5, 5.41) is 5.84. The zero-order valence-corrected chi connectivity index (χ0v) is 10.8. The molecular formula is C13H19ClN2O. The molecule has 94 valence electrons. The summed E-state index contributed by atoms with van der Waals surface area (Å²) in [5.41, 5.74) is 1.56. The summed E-state index contributed by atoms with van der Waals surface area (Å²) >= 11 is 0. The number of nitrogens with one attached hydrogen (secondary N) is 2. The maximum atomic E-state index is 11.4. The van der Waals surface area contributed by atoms with Gasteiger partial charge in [-0.15, -0.1) is 12.4 Å². The van der Waals surface area contributed by atoms with Crippen LogP contribution in [-0.4, -0.2) is 26.0 Å². The van der Waals surface area contributed by atoms with Gasteiger partial charge in [0.2, 0.25) is 5.91 Å². The van der Waals surface area contributed by atoms with Crippen LogP contribution in [0.2, 0.25) is 0 Å². The normalized spacial score (nSPS) is 15.8. The first-order valence-corrected chi connectivity index (χ1v) is 5.74. The molecular weight excluding hydrogens is 236 g/mol. The van der Waals surface area contributed by atoms with Gasteiger partial charge in [-0.3, -0.25) is 4.79 Å². The lowest BCUT2D eigenvalue weighted by molar-refractivity contribution is -0.120. The van der Waals surface area contributed by atoms with Crippen molar-refractivity contribution in [3.05, 3.63) is 35.9 Å². The standard InChI is InChI=1S/C13H18N2O.ClH/c1-14-9-12(16)15-10-13(7-8-13)11-5-3-2-4-6-11;/h2-6,14H,7-10H2,1H3,(H,15,16);1H. The summed E-state index contributed by atoms with van der Waals surface area (Å²) in [4.78, 5) is 11.4. The predicted octanol–water partition coefficient (Wildman–Crippen LogP) is 1.48. The summed E-state index contributed by atoms with van der Waals surface area (Å²) in [6.07, 6.45) is 2.35. The Morgan fingerprint density at radius 1 is 1.29 bits per heavy atom. The first kappa shape index (κ1) is 14.0. The Kier molecular flexibility index (Phi) is 4.97. The van der Waals surface area contributed by atoms with Crippen molar-refractivity contribution >= 4 is 18.3 Å². The summed E-state index contributed by atoms with van der Waals surface area (Å²) in [5.74, 6) is 0.0738. The summed E-state index contributed by atoms with van der Waals surface area (Å²) < 4.78 is 0. The molecule has 1 aliphatic carbocycles. The fourth-order valence-corrected chi connectivity index (χ4v) is 2.00. The van der Waals surface area contributed by atoms with Crippen LogP contribution in [0.3, 0.4) is 0 Å². The molecule has 1 aromatic rings. The number of hydrogen-bond donors (Lipinski definition) is 2. The van der Waals surface area contributed by atoms with Gasteiger partial charge in [-0.05, 0) is 25.5 Å². The topological polar surface area (TPSA) is 41.1 Å². The molecule has 17 heavy (non-hydrogen) atoms. The zero-order chi connectivity index (χ0) is 11.4. The van der Waals surface area contributed by atoms with E-state index in [1.54, 1.807) is 7.05 Å². The van der Waals surface area contributed by atoms with Crippen LogP contribution in [0.15, 0.2) is 30.3 Å². The minimum Gasteiger partial charge on any atom is -0.354 e. The molecule has 1 amide bonds. The maximum Gasteiger partial charge on any atom is 0.233 e. The molecule has 2 rings (SSSR count). The van der Waals surface area contributed by atoms with E-state index >= 15 is 0 Å². The second-order valence-corrected chi connectivity index (χ2v) is 4.45. The van der Waals surface area contributed by atoms with Gasteiger partial charge in [0.15, 0.2) is 0 Å². The van der Waals surface area contributed by atoms with E-state index in [1.165, 1.54) is 18.4 Å². The lowest BCUT2D eigenvalue weighted by atomic mass is 9.96. The highest BCUT2D eigenvalue weighted by molar-refractivity contribution is 5.85. The number of carbonyl (C=O) groups excluding carboxylic acids is 1. The highest BCUT2D eigenvalue weighted by atomic mass is 35.5. The Hall–Kier alpha value is -1.06. The van der Waals surface area contributed by atoms with E-state index in [4.69, 9.17) is 0 Å². The fraction of sp³-hybridized carbons (Fsp3) is 0.462. The second kappa shape index (κ2) is 6.03. The Morgan fingerprint density at radius 2 is 1.94 bits per heavy atom. The molecule has 1 aliphatic rings. The second-order valence-electron chi connectivity index (χ2n) is 4.45. The minimum atomic E-state index is 0. The molecule has 3 nitrogen and oxygen atoms in total. The number of rotatable bonds is 5. The van der Waals surface area contributed by atoms with E-state index in [0.717, 1.165) is 6.54 Å². The third-order valence-electron chi connectivity index (χ3n) is 3.20. The average molecular weight is 255 g/mol. The largest absolute Gasteiger partial charge is 0.354 e. The minimum absolute atomic E-state index is 0. The molecule has 1 fully saturated rings. The van der Waals surface area contributed by atoms with Gasteiger partial charge in [-0.2, -0.15) is 0 Å². The monoisotopic (exact) mass is 254 g/mol. The van der Waals surface area contributed by atoms with E-state index < -0.39 is 0 Å². The summed E-state index contributed by atoms with van der Waals surface area (Å²) in [6.45, 7) is 1.16. The van der Waals surface area contributed by atoms with Gasteiger partial charge in [-0.25, -0.2) is 0 Å². The van der Waals surface area contributed by atoms with Crippen LogP contribution in [0.1, 0.15) is 18.4 Å². The fourth-order valence-electron chi connectivity index (χ4n) is 2.00. The van der Waals surface area contributed by atoms with Crippen molar-refractivity contribution < 1.29 is 4.79 Å². The van der Waals surface area contributed by atoms with Gasteiger partial charge >= 0.3 is 0 Å². The number of likely N-dealkylation sites (N-methyl/N-ethyl adjacent to an activating group) is 1. The SMILES string of the molecule is CNCC(=O)NCC1(c2ccccc2)CC1.Cl. The Labute approximate surface area is 108 Å². The lowest BCUT2D eigenvalue weighted by Crippen LogP contribution is -2.37. The zero-order valence-electron chi connectivity index (χ0n) is 10.0. The van der Waals surface area contributed by atoms with Gasteiger partial charge < -0.3 is 10.6 Å². The van der Waals surface area contributed by atoms with Crippen LogP contribution in [0.4, 0.5) is 0 Å². The molecule has 0 atom stereocenters. The molecule has 0 unspecified atom stereocenters. The van der Waals surface area contributed by atoms with Crippen molar-refractivity contribution in [3.8, 4) is 0 Å². The van der Waals surface area contributed by atoms with E-state index in [1.807, 2.05) is 6.07 Å². The molecule has 0 aromatic heterocycles. The van der Waals surface area contributed by atoms with E-state index in [9.17, 15) is 4.79 Å². The van der Waals surface area contributed by atoms with Crippen LogP contribution in [0, 0.1) is 0 Å².